The predicted molar refractivity (Wildman–Crippen MR) is 58.3 cm³/mol. The zero-order chi connectivity index (χ0) is 11.0. The summed E-state index contributed by atoms with van der Waals surface area (Å²) in [4.78, 5) is 16.0. The first-order valence-corrected chi connectivity index (χ1v) is 4.63. The number of hydrogen-bond acceptors (Lipinski definition) is 3. The van der Waals surface area contributed by atoms with Crippen molar-refractivity contribution in [3.05, 3.63) is 34.4 Å². The summed E-state index contributed by atoms with van der Waals surface area (Å²) in [6.45, 7) is 1.93. The summed E-state index contributed by atoms with van der Waals surface area (Å²) in [6, 6.07) is 3.59. The molecule has 0 unspecified atom stereocenters. The highest BCUT2D eigenvalue weighted by Crippen LogP contribution is 2.21. The van der Waals surface area contributed by atoms with Gasteiger partial charge in [0.2, 0.25) is 0 Å². The minimum absolute atomic E-state index is 0.0571. The standard InChI is InChI=1S/C11H12N2O2/c1-7-4-9-8(5-10(7)15-3)11(14)13(2)6-12-9/h4-6H,1-3H3. The van der Waals surface area contributed by atoms with Gasteiger partial charge in [-0.05, 0) is 24.6 Å². The third kappa shape index (κ3) is 1.48. The number of ether oxygens (including phenoxy) is 1. The zero-order valence-corrected chi connectivity index (χ0v) is 8.94. The highest BCUT2D eigenvalue weighted by atomic mass is 16.5. The first-order valence-electron chi connectivity index (χ1n) is 4.63. The van der Waals surface area contributed by atoms with Gasteiger partial charge in [0.25, 0.3) is 5.56 Å². The second kappa shape index (κ2) is 3.38. The van der Waals surface area contributed by atoms with Crippen molar-refractivity contribution in [3.8, 4) is 5.75 Å². The van der Waals surface area contributed by atoms with E-state index in [1.54, 1.807) is 20.2 Å². The fourth-order valence-electron chi connectivity index (χ4n) is 1.56. The average Bonchev–Trinajstić information content (AvgIpc) is 2.23. The van der Waals surface area contributed by atoms with E-state index >= 15 is 0 Å². The summed E-state index contributed by atoms with van der Waals surface area (Å²) in [6.07, 6.45) is 1.52. The van der Waals surface area contributed by atoms with Gasteiger partial charge in [-0.3, -0.25) is 4.79 Å². The molecule has 78 valence electrons. The first kappa shape index (κ1) is 9.71. The third-order valence-electron chi connectivity index (χ3n) is 2.43. The van der Waals surface area contributed by atoms with Crippen LogP contribution in [-0.4, -0.2) is 16.7 Å². The lowest BCUT2D eigenvalue weighted by Crippen LogP contribution is -2.17. The number of nitrogens with zero attached hydrogens (tertiary/aromatic N) is 2. The van der Waals surface area contributed by atoms with Crippen LogP contribution in [-0.2, 0) is 7.05 Å². The van der Waals surface area contributed by atoms with Gasteiger partial charge in [-0.1, -0.05) is 0 Å². The van der Waals surface area contributed by atoms with E-state index in [4.69, 9.17) is 4.74 Å². The normalized spacial score (nSPS) is 10.6. The van der Waals surface area contributed by atoms with Gasteiger partial charge in [-0.25, -0.2) is 4.98 Å². The lowest BCUT2D eigenvalue weighted by atomic mass is 10.1. The molecule has 0 bridgehead atoms. The van der Waals surface area contributed by atoms with Crippen LogP contribution in [0.25, 0.3) is 10.9 Å². The fraction of sp³-hybridized carbons (Fsp3) is 0.273. The summed E-state index contributed by atoms with van der Waals surface area (Å²) in [7, 11) is 3.27. The van der Waals surface area contributed by atoms with Crippen LogP contribution in [0, 0.1) is 6.92 Å². The van der Waals surface area contributed by atoms with Gasteiger partial charge in [-0.2, -0.15) is 0 Å². The Labute approximate surface area is 87.1 Å². The average molecular weight is 204 g/mol. The summed E-state index contributed by atoms with van der Waals surface area (Å²) in [5.74, 6) is 0.715. The molecule has 0 saturated carbocycles. The number of rotatable bonds is 1. The molecule has 1 aromatic heterocycles. The first-order chi connectivity index (χ1) is 7.13. The maximum Gasteiger partial charge on any atom is 0.261 e. The Bertz CT molecular complexity index is 573. The van der Waals surface area contributed by atoms with Gasteiger partial charge in [0.15, 0.2) is 0 Å². The monoisotopic (exact) mass is 204 g/mol. The smallest absolute Gasteiger partial charge is 0.261 e. The van der Waals surface area contributed by atoms with Gasteiger partial charge in [-0.15, -0.1) is 0 Å². The number of aryl methyl sites for hydroxylation is 2. The van der Waals surface area contributed by atoms with E-state index in [9.17, 15) is 4.79 Å². The topological polar surface area (TPSA) is 44.1 Å². The molecule has 1 heterocycles. The third-order valence-corrected chi connectivity index (χ3v) is 2.43. The highest BCUT2D eigenvalue weighted by Gasteiger charge is 2.06. The Morgan fingerprint density at radius 2 is 2.13 bits per heavy atom. The van der Waals surface area contributed by atoms with Gasteiger partial charge in [0.1, 0.15) is 5.75 Å². The van der Waals surface area contributed by atoms with Crippen molar-refractivity contribution in [1.82, 2.24) is 9.55 Å². The zero-order valence-electron chi connectivity index (χ0n) is 8.94. The van der Waals surface area contributed by atoms with Crippen molar-refractivity contribution in [1.29, 1.82) is 0 Å². The quantitative estimate of drug-likeness (QED) is 0.702. The minimum atomic E-state index is -0.0571. The number of benzene rings is 1. The minimum Gasteiger partial charge on any atom is -0.496 e. The van der Waals surface area contributed by atoms with Gasteiger partial charge in [0, 0.05) is 7.05 Å². The van der Waals surface area contributed by atoms with E-state index < -0.39 is 0 Å². The Morgan fingerprint density at radius 1 is 1.40 bits per heavy atom. The van der Waals surface area contributed by atoms with Crippen molar-refractivity contribution in [2.75, 3.05) is 7.11 Å². The van der Waals surface area contributed by atoms with E-state index in [1.165, 1.54) is 10.9 Å². The van der Waals surface area contributed by atoms with Gasteiger partial charge in [0.05, 0.1) is 24.3 Å². The molecule has 0 spiro atoms. The maximum absolute atomic E-state index is 11.8. The van der Waals surface area contributed by atoms with Crippen molar-refractivity contribution in [3.63, 3.8) is 0 Å². The summed E-state index contributed by atoms with van der Waals surface area (Å²) >= 11 is 0. The van der Waals surface area contributed by atoms with Crippen molar-refractivity contribution < 1.29 is 4.74 Å². The van der Waals surface area contributed by atoms with E-state index in [2.05, 4.69) is 4.98 Å². The Morgan fingerprint density at radius 3 is 2.80 bits per heavy atom. The van der Waals surface area contributed by atoms with Crippen LogP contribution in [0.3, 0.4) is 0 Å². The van der Waals surface area contributed by atoms with Crippen LogP contribution in [0.1, 0.15) is 5.56 Å². The van der Waals surface area contributed by atoms with E-state index in [-0.39, 0.29) is 5.56 Å². The fourth-order valence-corrected chi connectivity index (χ4v) is 1.56. The number of fused-ring (bicyclic) bond motifs is 1. The van der Waals surface area contributed by atoms with Crippen LogP contribution >= 0.6 is 0 Å². The molecule has 0 atom stereocenters. The molecule has 0 radical (unpaired) electrons. The number of aromatic nitrogens is 2. The van der Waals surface area contributed by atoms with Crippen LogP contribution in [0.15, 0.2) is 23.3 Å². The summed E-state index contributed by atoms with van der Waals surface area (Å²) in [5.41, 5.74) is 1.63. The Balaban J connectivity index is 2.89. The summed E-state index contributed by atoms with van der Waals surface area (Å²) in [5, 5.41) is 0.586. The molecule has 0 saturated heterocycles. The lowest BCUT2D eigenvalue weighted by molar-refractivity contribution is 0.412. The maximum atomic E-state index is 11.8. The molecule has 2 rings (SSSR count). The van der Waals surface area contributed by atoms with Gasteiger partial charge < -0.3 is 9.30 Å². The molecular weight excluding hydrogens is 192 g/mol. The molecule has 4 nitrogen and oxygen atoms in total. The molecule has 0 aliphatic rings. The Kier molecular flexibility index (Phi) is 2.19. The largest absolute Gasteiger partial charge is 0.496 e. The van der Waals surface area contributed by atoms with E-state index in [0.717, 1.165) is 5.56 Å². The van der Waals surface area contributed by atoms with Crippen LogP contribution in [0.5, 0.6) is 5.75 Å². The SMILES string of the molecule is COc1cc2c(=O)n(C)cnc2cc1C. The second-order valence-corrected chi connectivity index (χ2v) is 3.50. The van der Waals surface area contributed by atoms with Gasteiger partial charge >= 0.3 is 0 Å². The molecule has 0 amide bonds. The van der Waals surface area contributed by atoms with Crippen molar-refractivity contribution in [2.45, 2.75) is 6.92 Å². The molecule has 0 aliphatic carbocycles. The molecule has 0 N–H and O–H groups in total. The molecule has 4 heteroatoms. The molecule has 0 fully saturated rings. The highest BCUT2D eigenvalue weighted by molar-refractivity contribution is 5.80. The molecule has 0 aliphatic heterocycles. The predicted octanol–water partition coefficient (Wildman–Crippen LogP) is 1.25. The lowest BCUT2D eigenvalue weighted by Gasteiger charge is -2.06. The van der Waals surface area contributed by atoms with E-state index in [0.29, 0.717) is 16.7 Å². The molecular formula is C11H12N2O2. The van der Waals surface area contributed by atoms with E-state index in [1.807, 2.05) is 13.0 Å². The molecule has 1 aromatic carbocycles. The number of methoxy groups -OCH3 is 1. The Hall–Kier alpha value is -1.84. The molecule has 15 heavy (non-hydrogen) atoms. The summed E-state index contributed by atoms with van der Waals surface area (Å²) < 4.78 is 6.63. The number of hydrogen-bond donors (Lipinski definition) is 0. The second-order valence-electron chi connectivity index (χ2n) is 3.50. The molecule has 2 aromatic rings. The van der Waals surface area contributed by atoms with Crippen LogP contribution in [0.4, 0.5) is 0 Å². The van der Waals surface area contributed by atoms with Crippen molar-refractivity contribution >= 4 is 10.9 Å². The van der Waals surface area contributed by atoms with Crippen LogP contribution < -0.4 is 10.3 Å². The van der Waals surface area contributed by atoms with Crippen LogP contribution in [0.2, 0.25) is 0 Å². The van der Waals surface area contributed by atoms with Crippen molar-refractivity contribution in [2.24, 2.45) is 7.05 Å².